The van der Waals surface area contributed by atoms with Gasteiger partial charge in [0.25, 0.3) is 0 Å². The summed E-state index contributed by atoms with van der Waals surface area (Å²) in [7, 11) is 1.68. The van der Waals surface area contributed by atoms with Crippen LogP contribution in [-0.4, -0.2) is 32.0 Å². The van der Waals surface area contributed by atoms with Crippen molar-refractivity contribution in [1.29, 1.82) is 0 Å². The molecule has 35 heavy (non-hydrogen) atoms. The Morgan fingerprint density at radius 2 is 1.77 bits per heavy atom. The predicted octanol–water partition coefficient (Wildman–Crippen LogP) is 6.84. The number of benzene rings is 2. The minimum absolute atomic E-state index is 0.0474. The maximum absolute atomic E-state index is 12.8. The second-order valence-corrected chi connectivity index (χ2v) is 11.8. The van der Waals surface area contributed by atoms with Gasteiger partial charge in [-0.25, -0.2) is 0 Å². The molecule has 1 saturated carbocycles. The summed E-state index contributed by atoms with van der Waals surface area (Å²) in [5, 5.41) is 3.22. The summed E-state index contributed by atoms with van der Waals surface area (Å²) in [5.74, 6) is 2.15. The molecule has 0 aromatic heterocycles. The van der Waals surface area contributed by atoms with Crippen molar-refractivity contribution < 1.29 is 19.0 Å². The molecule has 1 spiro atoms. The number of anilines is 1. The summed E-state index contributed by atoms with van der Waals surface area (Å²) >= 11 is 1.78. The Kier molecular flexibility index (Phi) is 8.46. The number of amides is 1. The zero-order valence-corrected chi connectivity index (χ0v) is 22.3. The van der Waals surface area contributed by atoms with E-state index in [1.165, 1.54) is 11.1 Å². The van der Waals surface area contributed by atoms with Crippen LogP contribution in [0.15, 0.2) is 47.4 Å². The summed E-state index contributed by atoms with van der Waals surface area (Å²) < 4.78 is 17.0. The lowest BCUT2D eigenvalue weighted by atomic mass is 9.82. The standard InChI is InChI=1S/C29H39NO4S/c1-28(2,3)27(31)30-26-19-25(35-20-22-6-10-24(32-4)11-7-22)12-9-23(26)8-5-21-13-15-29(16-14-21)33-17-18-34-29/h6-7,9-12,19,21H,5,8,13-18,20H2,1-4H3,(H,30,31). The van der Waals surface area contributed by atoms with Crippen LogP contribution in [0.25, 0.3) is 0 Å². The monoisotopic (exact) mass is 497 g/mol. The minimum atomic E-state index is -0.442. The molecule has 1 heterocycles. The Balaban J connectivity index is 1.40. The highest BCUT2D eigenvalue weighted by molar-refractivity contribution is 7.98. The van der Waals surface area contributed by atoms with Gasteiger partial charge in [-0.1, -0.05) is 39.0 Å². The number of carbonyl (C=O) groups is 1. The van der Waals surface area contributed by atoms with Gasteiger partial charge in [0.2, 0.25) is 5.91 Å². The van der Waals surface area contributed by atoms with Crippen molar-refractivity contribution in [2.45, 2.75) is 75.7 Å². The molecular formula is C29H39NO4S. The molecule has 0 atom stereocenters. The molecule has 1 aliphatic heterocycles. The van der Waals surface area contributed by atoms with Crippen LogP contribution in [0.2, 0.25) is 0 Å². The van der Waals surface area contributed by atoms with Gasteiger partial charge in [0.1, 0.15) is 5.75 Å². The molecular weight excluding hydrogens is 458 g/mol. The van der Waals surface area contributed by atoms with Crippen LogP contribution in [0, 0.1) is 11.3 Å². The Morgan fingerprint density at radius 1 is 1.09 bits per heavy atom. The molecule has 2 aromatic rings. The summed E-state index contributed by atoms with van der Waals surface area (Å²) in [6.07, 6.45) is 6.34. The fourth-order valence-electron chi connectivity index (χ4n) is 4.73. The third-order valence-corrected chi connectivity index (χ3v) is 8.14. The van der Waals surface area contributed by atoms with E-state index < -0.39 is 5.41 Å². The number of nitrogens with one attached hydrogen (secondary N) is 1. The highest BCUT2D eigenvalue weighted by Gasteiger charge is 2.40. The first-order valence-corrected chi connectivity index (χ1v) is 13.7. The first-order valence-electron chi connectivity index (χ1n) is 12.7. The van der Waals surface area contributed by atoms with E-state index in [0.717, 1.165) is 73.8 Å². The van der Waals surface area contributed by atoms with Crippen LogP contribution < -0.4 is 10.1 Å². The van der Waals surface area contributed by atoms with Crippen LogP contribution >= 0.6 is 11.8 Å². The quantitative estimate of drug-likeness (QED) is 0.405. The van der Waals surface area contributed by atoms with Crippen molar-refractivity contribution in [1.82, 2.24) is 0 Å². The molecule has 0 radical (unpaired) electrons. The van der Waals surface area contributed by atoms with Crippen molar-refractivity contribution >= 4 is 23.4 Å². The smallest absolute Gasteiger partial charge is 0.229 e. The average molecular weight is 498 g/mol. The van der Waals surface area contributed by atoms with Gasteiger partial charge in [-0.3, -0.25) is 4.79 Å². The Bertz CT molecular complexity index is 983. The number of hydrogen-bond donors (Lipinski definition) is 1. The first kappa shape index (κ1) is 26.1. The van der Waals surface area contributed by atoms with Crippen molar-refractivity contribution in [3.63, 3.8) is 0 Å². The van der Waals surface area contributed by atoms with Gasteiger partial charge >= 0.3 is 0 Å². The average Bonchev–Trinajstić information content (AvgIpc) is 3.31. The Hall–Kier alpha value is -2.02. The van der Waals surface area contributed by atoms with E-state index in [1.54, 1.807) is 18.9 Å². The van der Waals surface area contributed by atoms with Crippen LogP contribution in [-0.2, 0) is 26.4 Å². The van der Waals surface area contributed by atoms with E-state index in [4.69, 9.17) is 14.2 Å². The fourth-order valence-corrected chi connectivity index (χ4v) is 5.62. The Labute approximate surface area is 214 Å². The molecule has 2 aliphatic rings. The van der Waals surface area contributed by atoms with E-state index in [2.05, 4.69) is 35.6 Å². The maximum Gasteiger partial charge on any atom is 0.229 e. The van der Waals surface area contributed by atoms with Gasteiger partial charge in [0, 0.05) is 34.6 Å². The van der Waals surface area contributed by atoms with E-state index in [9.17, 15) is 4.79 Å². The lowest BCUT2D eigenvalue weighted by Gasteiger charge is -2.35. The second-order valence-electron chi connectivity index (χ2n) is 10.7. The van der Waals surface area contributed by atoms with E-state index in [0.29, 0.717) is 5.92 Å². The van der Waals surface area contributed by atoms with Gasteiger partial charge < -0.3 is 19.5 Å². The molecule has 1 saturated heterocycles. The summed E-state index contributed by atoms with van der Waals surface area (Å²) in [4.78, 5) is 14.0. The number of carbonyl (C=O) groups excluding carboxylic acids is 1. The molecule has 0 unspecified atom stereocenters. The first-order chi connectivity index (χ1) is 16.8. The van der Waals surface area contributed by atoms with Gasteiger partial charge in [-0.15, -0.1) is 11.8 Å². The van der Waals surface area contributed by atoms with Gasteiger partial charge in [0.15, 0.2) is 5.79 Å². The number of ether oxygens (including phenoxy) is 3. The van der Waals surface area contributed by atoms with Crippen molar-refractivity contribution in [2.75, 3.05) is 25.6 Å². The zero-order valence-electron chi connectivity index (χ0n) is 21.5. The summed E-state index contributed by atoms with van der Waals surface area (Å²) in [5.41, 5.74) is 2.96. The summed E-state index contributed by atoms with van der Waals surface area (Å²) in [6.45, 7) is 7.31. The van der Waals surface area contributed by atoms with Crippen molar-refractivity contribution in [2.24, 2.45) is 11.3 Å². The largest absolute Gasteiger partial charge is 0.497 e. The molecule has 1 N–H and O–H groups in total. The number of rotatable bonds is 8. The van der Waals surface area contributed by atoms with Gasteiger partial charge in [0.05, 0.1) is 20.3 Å². The van der Waals surface area contributed by atoms with Gasteiger partial charge in [-0.2, -0.15) is 0 Å². The zero-order chi connectivity index (χ0) is 24.9. The normalized spacial score (nSPS) is 18.1. The fraction of sp³-hybridized carbons (Fsp3) is 0.552. The number of methoxy groups -OCH3 is 1. The van der Waals surface area contributed by atoms with E-state index >= 15 is 0 Å². The number of hydrogen-bond acceptors (Lipinski definition) is 5. The molecule has 2 aromatic carbocycles. The van der Waals surface area contributed by atoms with Crippen molar-refractivity contribution in [3.05, 3.63) is 53.6 Å². The molecule has 2 fully saturated rings. The number of thioether (sulfide) groups is 1. The molecule has 190 valence electrons. The predicted molar refractivity (Wildman–Crippen MR) is 142 cm³/mol. The summed E-state index contributed by atoms with van der Waals surface area (Å²) in [6, 6.07) is 14.7. The number of aryl methyl sites for hydroxylation is 1. The second kappa shape index (κ2) is 11.4. The highest BCUT2D eigenvalue weighted by Crippen LogP contribution is 2.40. The molecule has 4 rings (SSSR count). The lowest BCUT2D eigenvalue weighted by Crippen LogP contribution is -2.35. The van der Waals surface area contributed by atoms with Crippen LogP contribution in [0.4, 0.5) is 5.69 Å². The van der Waals surface area contributed by atoms with Gasteiger partial charge in [-0.05, 0) is 67.0 Å². The molecule has 6 heteroatoms. The highest BCUT2D eigenvalue weighted by atomic mass is 32.2. The van der Waals surface area contributed by atoms with Crippen LogP contribution in [0.5, 0.6) is 5.75 Å². The topological polar surface area (TPSA) is 56.8 Å². The third-order valence-electron chi connectivity index (χ3n) is 7.08. The third kappa shape index (κ3) is 7.02. The SMILES string of the molecule is COc1ccc(CSc2ccc(CCC3CCC4(CC3)OCCO4)c(NC(=O)C(C)(C)C)c2)cc1. The molecule has 1 amide bonds. The van der Waals surface area contributed by atoms with Crippen molar-refractivity contribution in [3.8, 4) is 5.75 Å². The van der Waals surface area contributed by atoms with E-state index in [1.807, 2.05) is 32.9 Å². The van der Waals surface area contributed by atoms with Crippen LogP contribution in [0.3, 0.4) is 0 Å². The van der Waals surface area contributed by atoms with E-state index in [-0.39, 0.29) is 11.7 Å². The maximum atomic E-state index is 12.8. The minimum Gasteiger partial charge on any atom is -0.497 e. The molecule has 5 nitrogen and oxygen atoms in total. The van der Waals surface area contributed by atoms with Crippen LogP contribution in [0.1, 0.15) is 64.0 Å². The molecule has 1 aliphatic carbocycles. The lowest BCUT2D eigenvalue weighted by molar-refractivity contribution is -0.182. The molecule has 0 bridgehead atoms. The Morgan fingerprint density at radius 3 is 2.40 bits per heavy atom.